The molecule has 90 valence electrons. The van der Waals surface area contributed by atoms with E-state index in [1.807, 2.05) is 0 Å². The molecule has 2 saturated carbocycles. The SMILES string of the molecule is CC1(C)C2CC(=NNc3ccc(F)nc3)CC21. The van der Waals surface area contributed by atoms with Crippen LogP contribution in [-0.2, 0) is 0 Å². The van der Waals surface area contributed by atoms with Crippen molar-refractivity contribution in [1.29, 1.82) is 0 Å². The fourth-order valence-electron chi connectivity index (χ4n) is 2.94. The van der Waals surface area contributed by atoms with Crippen molar-refractivity contribution in [2.24, 2.45) is 22.4 Å². The Bertz CT molecular complexity index is 448. The van der Waals surface area contributed by atoms with E-state index in [-0.39, 0.29) is 0 Å². The van der Waals surface area contributed by atoms with Crippen LogP contribution in [0.3, 0.4) is 0 Å². The third kappa shape index (κ3) is 1.81. The van der Waals surface area contributed by atoms with Gasteiger partial charge >= 0.3 is 0 Å². The van der Waals surface area contributed by atoms with Gasteiger partial charge in [0, 0.05) is 5.71 Å². The average molecular weight is 233 g/mol. The number of halogens is 1. The second-order valence-corrected chi connectivity index (χ2v) is 5.60. The van der Waals surface area contributed by atoms with E-state index in [9.17, 15) is 4.39 Å². The van der Waals surface area contributed by atoms with Crippen molar-refractivity contribution in [3.63, 3.8) is 0 Å². The highest BCUT2D eigenvalue weighted by molar-refractivity contribution is 5.89. The van der Waals surface area contributed by atoms with E-state index in [1.165, 1.54) is 18.0 Å². The molecule has 2 aliphatic rings. The Morgan fingerprint density at radius 1 is 1.35 bits per heavy atom. The number of hydrogen-bond acceptors (Lipinski definition) is 3. The smallest absolute Gasteiger partial charge is 0.212 e. The molecule has 0 radical (unpaired) electrons. The number of aromatic nitrogens is 1. The van der Waals surface area contributed by atoms with Crippen molar-refractivity contribution in [2.75, 3.05) is 5.43 Å². The molecular formula is C13H16FN3. The first-order valence-electron chi connectivity index (χ1n) is 6.00. The largest absolute Gasteiger partial charge is 0.277 e. The van der Waals surface area contributed by atoms with Gasteiger partial charge in [0.2, 0.25) is 5.95 Å². The number of fused-ring (bicyclic) bond motifs is 1. The van der Waals surface area contributed by atoms with Gasteiger partial charge in [-0.2, -0.15) is 9.49 Å². The average Bonchev–Trinajstić information content (AvgIpc) is 2.68. The van der Waals surface area contributed by atoms with Crippen molar-refractivity contribution in [2.45, 2.75) is 26.7 Å². The molecule has 2 unspecified atom stereocenters. The Hall–Kier alpha value is -1.45. The summed E-state index contributed by atoms with van der Waals surface area (Å²) in [5, 5.41) is 4.37. The molecule has 4 heteroatoms. The highest BCUT2D eigenvalue weighted by atomic mass is 19.1. The minimum Gasteiger partial charge on any atom is -0.277 e. The Labute approximate surface area is 100 Å². The summed E-state index contributed by atoms with van der Waals surface area (Å²) in [6.45, 7) is 4.66. The van der Waals surface area contributed by atoms with Crippen molar-refractivity contribution >= 4 is 11.4 Å². The molecule has 0 bridgehead atoms. The van der Waals surface area contributed by atoms with Crippen LogP contribution in [0.2, 0.25) is 0 Å². The molecule has 2 atom stereocenters. The standard InChI is InChI=1S/C13H16FN3/c1-13(2)10-5-9(6-11(10)13)17-16-8-3-4-12(14)15-7-8/h3-4,7,10-11,16H,5-6H2,1-2H3. The number of anilines is 1. The van der Waals surface area contributed by atoms with Crippen LogP contribution in [0.1, 0.15) is 26.7 Å². The van der Waals surface area contributed by atoms with Crippen LogP contribution in [0.15, 0.2) is 23.4 Å². The van der Waals surface area contributed by atoms with E-state index < -0.39 is 5.95 Å². The first-order chi connectivity index (χ1) is 8.07. The Morgan fingerprint density at radius 3 is 2.65 bits per heavy atom. The zero-order chi connectivity index (χ0) is 12.0. The summed E-state index contributed by atoms with van der Waals surface area (Å²) in [7, 11) is 0. The maximum absolute atomic E-state index is 12.6. The highest BCUT2D eigenvalue weighted by Crippen LogP contribution is 2.65. The van der Waals surface area contributed by atoms with Crippen LogP contribution >= 0.6 is 0 Å². The van der Waals surface area contributed by atoms with Crippen molar-refractivity contribution in [1.82, 2.24) is 4.98 Å². The summed E-state index contributed by atoms with van der Waals surface area (Å²) < 4.78 is 12.6. The summed E-state index contributed by atoms with van der Waals surface area (Å²) in [4.78, 5) is 3.57. The van der Waals surface area contributed by atoms with Crippen LogP contribution in [0.4, 0.5) is 10.1 Å². The van der Waals surface area contributed by atoms with Gasteiger partial charge in [-0.05, 0) is 42.2 Å². The molecule has 0 aromatic carbocycles. The maximum Gasteiger partial charge on any atom is 0.212 e. The maximum atomic E-state index is 12.6. The summed E-state index contributed by atoms with van der Waals surface area (Å²) in [5.41, 5.74) is 5.43. The lowest BCUT2D eigenvalue weighted by Gasteiger charge is -2.09. The lowest BCUT2D eigenvalue weighted by atomic mass is 10.00. The van der Waals surface area contributed by atoms with Crippen LogP contribution in [-0.4, -0.2) is 10.7 Å². The van der Waals surface area contributed by atoms with E-state index >= 15 is 0 Å². The molecule has 3 rings (SSSR count). The minimum absolute atomic E-state index is 0.466. The van der Waals surface area contributed by atoms with Gasteiger partial charge in [-0.15, -0.1) is 0 Å². The number of nitrogens with one attached hydrogen (secondary N) is 1. The fraction of sp³-hybridized carbons (Fsp3) is 0.538. The fourth-order valence-corrected chi connectivity index (χ4v) is 2.94. The van der Waals surface area contributed by atoms with Gasteiger partial charge in [-0.1, -0.05) is 13.8 Å². The lowest BCUT2D eigenvalue weighted by molar-refractivity contribution is 0.528. The third-order valence-electron chi connectivity index (χ3n) is 4.27. The monoisotopic (exact) mass is 233 g/mol. The molecule has 17 heavy (non-hydrogen) atoms. The highest BCUT2D eigenvalue weighted by Gasteiger charge is 2.61. The predicted molar refractivity (Wildman–Crippen MR) is 65.2 cm³/mol. The van der Waals surface area contributed by atoms with Crippen LogP contribution in [0, 0.1) is 23.2 Å². The molecule has 0 amide bonds. The number of pyridine rings is 1. The first kappa shape index (κ1) is 10.7. The van der Waals surface area contributed by atoms with Gasteiger partial charge in [-0.25, -0.2) is 4.98 Å². The third-order valence-corrected chi connectivity index (χ3v) is 4.27. The Morgan fingerprint density at radius 2 is 2.06 bits per heavy atom. The molecule has 0 saturated heterocycles. The van der Waals surface area contributed by atoms with Crippen LogP contribution in [0.25, 0.3) is 0 Å². The number of nitrogens with zero attached hydrogens (tertiary/aromatic N) is 2. The number of hydrazone groups is 1. The van der Waals surface area contributed by atoms with Gasteiger partial charge in [0.05, 0.1) is 11.9 Å². The second kappa shape index (κ2) is 3.52. The topological polar surface area (TPSA) is 37.3 Å². The molecular weight excluding hydrogens is 217 g/mol. The zero-order valence-electron chi connectivity index (χ0n) is 10.1. The van der Waals surface area contributed by atoms with E-state index in [4.69, 9.17) is 0 Å². The summed E-state index contributed by atoms with van der Waals surface area (Å²) in [6, 6.07) is 2.98. The van der Waals surface area contributed by atoms with Gasteiger partial charge in [-0.3, -0.25) is 5.43 Å². The molecule has 1 aromatic rings. The van der Waals surface area contributed by atoms with Gasteiger partial charge < -0.3 is 0 Å². The molecule has 1 heterocycles. The van der Waals surface area contributed by atoms with Crippen molar-refractivity contribution in [3.8, 4) is 0 Å². The van der Waals surface area contributed by atoms with Crippen LogP contribution in [0.5, 0.6) is 0 Å². The summed E-state index contributed by atoms with van der Waals surface area (Å²) in [6.07, 6.45) is 3.65. The zero-order valence-corrected chi connectivity index (χ0v) is 10.1. The van der Waals surface area contributed by atoms with Crippen LogP contribution < -0.4 is 5.43 Å². The molecule has 3 nitrogen and oxygen atoms in total. The molecule has 0 aliphatic heterocycles. The molecule has 1 aromatic heterocycles. The summed E-state index contributed by atoms with van der Waals surface area (Å²) in [5.74, 6) is 1.16. The number of rotatable bonds is 2. The van der Waals surface area contributed by atoms with Gasteiger partial charge in [0.1, 0.15) is 0 Å². The van der Waals surface area contributed by atoms with Gasteiger partial charge in [0.25, 0.3) is 0 Å². The molecule has 2 fully saturated rings. The Balaban J connectivity index is 1.61. The number of hydrogen-bond donors (Lipinski definition) is 1. The molecule has 1 N–H and O–H groups in total. The van der Waals surface area contributed by atoms with Crippen molar-refractivity contribution < 1.29 is 4.39 Å². The quantitative estimate of drug-likeness (QED) is 0.629. The molecule has 0 spiro atoms. The summed E-state index contributed by atoms with van der Waals surface area (Å²) >= 11 is 0. The predicted octanol–water partition coefficient (Wildman–Crippen LogP) is 3.05. The van der Waals surface area contributed by atoms with Crippen molar-refractivity contribution in [3.05, 3.63) is 24.3 Å². The van der Waals surface area contributed by atoms with E-state index in [0.717, 1.165) is 30.4 Å². The van der Waals surface area contributed by atoms with E-state index in [0.29, 0.717) is 5.41 Å². The molecule has 2 aliphatic carbocycles. The lowest BCUT2D eigenvalue weighted by Crippen LogP contribution is -2.06. The van der Waals surface area contributed by atoms with E-state index in [1.54, 1.807) is 6.07 Å². The minimum atomic E-state index is -0.466. The second-order valence-electron chi connectivity index (χ2n) is 5.60. The van der Waals surface area contributed by atoms with E-state index in [2.05, 4.69) is 29.4 Å². The Kier molecular flexibility index (Phi) is 2.21. The van der Waals surface area contributed by atoms with Gasteiger partial charge in [0.15, 0.2) is 0 Å². The first-order valence-corrected chi connectivity index (χ1v) is 6.00. The normalized spacial score (nSPS) is 28.8.